The van der Waals surface area contributed by atoms with Gasteiger partial charge in [0.1, 0.15) is 12.3 Å². The van der Waals surface area contributed by atoms with Gasteiger partial charge in [0.05, 0.1) is 10.6 Å². The number of carbonyl (C=O) groups excluding carboxylic acids is 2. The second-order valence-electron chi connectivity index (χ2n) is 5.35. The van der Waals surface area contributed by atoms with Crippen LogP contribution in [0.25, 0.3) is 0 Å². The zero-order chi connectivity index (χ0) is 18.7. The Bertz CT molecular complexity index is 964. The number of hydrazine groups is 1. The van der Waals surface area contributed by atoms with E-state index in [9.17, 15) is 18.0 Å². The van der Waals surface area contributed by atoms with Crippen LogP contribution in [0.5, 0.6) is 5.75 Å². The fraction of sp³-hybridized carbons (Fsp3) is 0.125. The van der Waals surface area contributed by atoms with Gasteiger partial charge in [0.15, 0.2) is 6.61 Å². The first-order valence-electron chi connectivity index (χ1n) is 7.45. The summed E-state index contributed by atoms with van der Waals surface area (Å²) >= 11 is 5.77. The highest BCUT2D eigenvalue weighted by Gasteiger charge is 2.27. The Morgan fingerprint density at radius 1 is 1.19 bits per heavy atom. The van der Waals surface area contributed by atoms with Crippen molar-refractivity contribution in [2.75, 3.05) is 18.1 Å². The van der Waals surface area contributed by atoms with Crippen LogP contribution in [0.2, 0.25) is 5.02 Å². The molecule has 2 N–H and O–H groups in total. The van der Waals surface area contributed by atoms with Gasteiger partial charge in [-0.15, -0.1) is 4.83 Å². The highest BCUT2D eigenvalue weighted by Crippen LogP contribution is 2.31. The molecule has 0 aliphatic carbocycles. The number of hydrogen-bond donors (Lipinski definition) is 2. The van der Waals surface area contributed by atoms with Crippen molar-refractivity contribution >= 4 is 39.1 Å². The molecule has 0 spiro atoms. The molecular weight excluding hydrogens is 382 g/mol. The van der Waals surface area contributed by atoms with Crippen molar-refractivity contribution in [2.45, 2.75) is 4.90 Å². The van der Waals surface area contributed by atoms with Crippen molar-refractivity contribution in [1.29, 1.82) is 0 Å². The van der Waals surface area contributed by atoms with Crippen LogP contribution in [-0.2, 0) is 19.6 Å². The van der Waals surface area contributed by atoms with E-state index in [0.717, 1.165) is 0 Å². The van der Waals surface area contributed by atoms with Crippen molar-refractivity contribution in [2.24, 2.45) is 0 Å². The van der Waals surface area contributed by atoms with E-state index in [4.69, 9.17) is 16.3 Å². The first-order valence-corrected chi connectivity index (χ1v) is 9.31. The molecule has 1 aliphatic heterocycles. The SMILES string of the molecule is O=C(CN1C(=O)COc2ccccc21)NNS(=O)(=O)c1cccc(Cl)c1. The van der Waals surface area contributed by atoms with E-state index in [-0.39, 0.29) is 23.1 Å². The van der Waals surface area contributed by atoms with E-state index >= 15 is 0 Å². The number of benzene rings is 2. The predicted octanol–water partition coefficient (Wildman–Crippen LogP) is 1.08. The summed E-state index contributed by atoms with van der Waals surface area (Å²) in [5, 5.41) is 0.245. The Morgan fingerprint density at radius 2 is 1.96 bits per heavy atom. The number of sulfonamides is 1. The topological polar surface area (TPSA) is 105 Å². The van der Waals surface area contributed by atoms with Crippen LogP contribution < -0.4 is 19.9 Å². The molecule has 0 saturated carbocycles. The molecule has 8 nitrogen and oxygen atoms in total. The van der Waals surface area contributed by atoms with Crippen LogP contribution in [0.4, 0.5) is 5.69 Å². The zero-order valence-electron chi connectivity index (χ0n) is 13.3. The molecule has 0 bridgehead atoms. The highest BCUT2D eigenvalue weighted by atomic mass is 35.5. The van der Waals surface area contributed by atoms with Gasteiger partial charge in [-0.2, -0.15) is 0 Å². The lowest BCUT2D eigenvalue weighted by Gasteiger charge is -2.28. The molecule has 2 aromatic rings. The third-order valence-corrected chi connectivity index (χ3v) is 5.02. The number of hydrogen-bond acceptors (Lipinski definition) is 5. The van der Waals surface area contributed by atoms with Crippen LogP contribution in [0.3, 0.4) is 0 Å². The smallest absolute Gasteiger partial charge is 0.265 e. The van der Waals surface area contributed by atoms with E-state index < -0.39 is 21.8 Å². The minimum Gasteiger partial charge on any atom is -0.482 e. The number of nitrogens with one attached hydrogen (secondary N) is 2. The Morgan fingerprint density at radius 3 is 2.73 bits per heavy atom. The van der Waals surface area contributed by atoms with Gasteiger partial charge in [0, 0.05) is 5.02 Å². The van der Waals surface area contributed by atoms with Crippen LogP contribution >= 0.6 is 11.6 Å². The van der Waals surface area contributed by atoms with Gasteiger partial charge in [-0.3, -0.25) is 19.9 Å². The number of anilines is 1. The summed E-state index contributed by atoms with van der Waals surface area (Å²) in [6.45, 7) is -0.560. The lowest BCUT2D eigenvalue weighted by molar-refractivity contribution is -0.125. The molecular formula is C16H14ClN3O5S. The summed E-state index contributed by atoms with van der Waals surface area (Å²) in [6.07, 6.45) is 0. The predicted molar refractivity (Wildman–Crippen MR) is 94.2 cm³/mol. The van der Waals surface area contributed by atoms with Crippen LogP contribution in [0.15, 0.2) is 53.4 Å². The maximum atomic E-state index is 12.2. The molecule has 1 aliphatic rings. The van der Waals surface area contributed by atoms with E-state index in [1.807, 2.05) is 4.83 Å². The molecule has 0 unspecified atom stereocenters. The molecule has 2 amide bonds. The summed E-state index contributed by atoms with van der Waals surface area (Å²) < 4.78 is 29.6. The fourth-order valence-electron chi connectivity index (χ4n) is 2.33. The number of carbonyl (C=O) groups is 2. The van der Waals surface area contributed by atoms with Crippen molar-refractivity contribution < 1.29 is 22.7 Å². The molecule has 0 atom stereocenters. The molecule has 136 valence electrons. The third-order valence-electron chi connectivity index (χ3n) is 3.54. The number of para-hydroxylation sites is 2. The zero-order valence-corrected chi connectivity index (χ0v) is 14.9. The number of amides is 2. The summed E-state index contributed by atoms with van der Waals surface area (Å²) in [7, 11) is -3.99. The average Bonchev–Trinajstić information content (AvgIpc) is 2.62. The minimum absolute atomic E-state index is 0.0990. The Kier molecular flexibility index (Phi) is 5.12. The van der Waals surface area contributed by atoms with Gasteiger partial charge in [0.25, 0.3) is 21.8 Å². The number of halogens is 1. The van der Waals surface area contributed by atoms with E-state index in [1.54, 1.807) is 24.3 Å². The van der Waals surface area contributed by atoms with Crippen LogP contribution in [-0.4, -0.2) is 33.4 Å². The Balaban J connectivity index is 1.67. The van der Waals surface area contributed by atoms with E-state index in [1.165, 1.54) is 29.2 Å². The van der Waals surface area contributed by atoms with Crippen molar-refractivity contribution in [3.63, 3.8) is 0 Å². The van der Waals surface area contributed by atoms with Gasteiger partial charge < -0.3 is 4.74 Å². The molecule has 0 radical (unpaired) electrons. The van der Waals surface area contributed by atoms with Gasteiger partial charge in [-0.05, 0) is 30.3 Å². The largest absolute Gasteiger partial charge is 0.482 e. The number of fused-ring (bicyclic) bond motifs is 1. The fourth-order valence-corrected chi connectivity index (χ4v) is 3.49. The molecule has 1 heterocycles. The summed E-state index contributed by atoms with van der Waals surface area (Å²) in [4.78, 5) is 27.2. The Labute approximate surface area is 154 Å². The maximum Gasteiger partial charge on any atom is 0.265 e. The first kappa shape index (κ1) is 18.2. The minimum atomic E-state index is -3.99. The summed E-state index contributed by atoms with van der Waals surface area (Å²) in [5.74, 6) is -0.642. The number of rotatable bonds is 5. The van der Waals surface area contributed by atoms with Crippen molar-refractivity contribution in [1.82, 2.24) is 10.3 Å². The molecule has 2 aromatic carbocycles. The standard InChI is InChI=1S/C16H14ClN3O5S/c17-11-4-3-5-12(8-11)26(23,24)19-18-15(21)9-20-13-6-1-2-7-14(13)25-10-16(20)22/h1-8,19H,9-10H2,(H,18,21). The highest BCUT2D eigenvalue weighted by molar-refractivity contribution is 7.89. The monoisotopic (exact) mass is 395 g/mol. The molecule has 3 rings (SSSR count). The molecule has 0 saturated heterocycles. The second-order valence-corrected chi connectivity index (χ2v) is 7.47. The van der Waals surface area contributed by atoms with Crippen molar-refractivity contribution in [3.05, 3.63) is 53.6 Å². The van der Waals surface area contributed by atoms with Gasteiger partial charge >= 0.3 is 0 Å². The van der Waals surface area contributed by atoms with Crippen molar-refractivity contribution in [3.8, 4) is 5.75 Å². The quantitative estimate of drug-likeness (QED) is 0.737. The normalized spacial score (nSPS) is 13.7. The molecule has 10 heteroatoms. The average molecular weight is 396 g/mol. The lowest BCUT2D eigenvalue weighted by atomic mass is 10.2. The lowest BCUT2D eigenvalue weighted by Crippen LogP contribution is -2.49. The van der Waals surface area contributed by atoms with Crippen LogP contribution in [0.1, 0.15) is 0 Å². The third kappa shape index (κ3) is 3.96. The van der Waals surface area contributed by atoms with Crippen LogP contribution in [0, 0.1) is 0 Å². The summed E-state index contributed by atoms with van der Waals surface area (Å²) in [5.41, 5.74) is 2.53. The summed E-state index contributed by atoms with van der Waals surface area (Å²) in [6, 6.07) is 12.3. The van der Waals surface area contributed by atoms with Gasteiger partial charge in [-0.25, -0.2) is 8.42 Å². The van der Waals surface area contributed by atoms with E-state index in [0.29, 0.717) is 11.4 Å². The Hall–Kier alpha value is -2.62. The van der Waals surface area contributed by atoms with E-state index in [2.05, 4.69) is 5.43 Å². The second kappa shape index (κ2) is 7.32. The van der Waals surface area contributed by atoms with Gasteiger partial charge in [-0.1, -0.05) is 29.8 Å². The molecule has 0 fully saturated rings. The maximum absolute atomic E-state index is 12.2. The first-order chi connectivity index (χ1) is 12.4. The van der Waals surface area contributed by atoms with Gasteiger partial charge in [0.2, 0.25) is 0 Å². The number of ether oxygens (including phenoxy) is 1. The number of nitrogens with zero attached hydrogens (tertiary/aromatic N) is 1. The molecule has 0 aromatic heterocycles. The molecule has 26 heavy (non-hydrogen) atoms.